The van der Waals surface area contributed by atoms with Gasteiger partial charge in [0.25, 0.3) is 35.4 Å². The van der Waals surface area contributed by atoms with Crippen LogP contribution in [-0.4, -0.2) is 192 Å². The maximum atomic E-state index is 13.0. The average molecular weight is 1920 g/mol. The van der Waals surface area contributed by atoms with Crippen LogP contribution in [0, 0.1) is 48.2 Å². The number of para-hydroxylation sites is 1. The third kappa shape index (κ3) is 28.4. The SMILES string of the molecule is COc1cccc(C(=O)N2CCCC(C(=O)c3ccccc3)C2)c1.COc1ccccc1C(=O)N1CCCC(C(=O)c2ccccc2)C1.Cc1ccc(C(=O)N2CCCC(C(=O)c3ccccc3)C2)cc1.O=C(c1cccc(Cl)c1)C1CCCN(C(=O)c2ccccc2)C1.O=C(c1ccccc1)C1CCCN(C(=O)c2ccc(F)cc2)C1.O=C(c1ccccc1)C1CCCN(C(=O)c2ccccc2Cl)C1. The monoisotopic (exact) mass is 1920 g/mol. The Morgan fingerprint density at radius 3 is 0.857 bits per heavy atom. The minimum atomic E-state index is -0.364. The molecule has 6 aliphatic heterocycles. The molecule has 0 aromatic heterocycles. The molecule has 0 saturated carbocycles. The molecule has 6 unspecified atom stereocenters. The summed E-state index contributed by atoms with van der Waals surface area (Å²) in [4.78, 5) is 162. The third-order valence-corrected chi connectivity index (χ3v) is 26.6. The summed E-state index contributed by atoms with van der Waals surface area (Å²) < 4.78 is 23.4. The van der Waals surface area contributed by atoms with Gasteiger partial charge in [-0.1, -0.05) is 253 Å². The van der Waals surface area contributed by atoms with Crippen molar-refractivity contribution in [2.45, 2.75) is 84.0 Å². The van der Waals surface area contributed by atoms with Crippen LogP contribution >= 0.6 is 23.2 Å². The van der Waals surface area contributed by atoms with E-state index in [0.717, 1.165) is 100 Å². The van der Waals surface area contributed by atoms with Crippen molar-refractivity contribution in [3.05, 3.63) is 416 Å². The summed E-state index contributed by atoms with van der Waals surface area (Å²) in [6.07, 6.45) is 9.96. The normalized spacial score (nSPS) is 17.6. The first-order valence-electron chi connectivity index (χ1n) is 47.9. The number of ketones is 6. The summed E-state index contributed by atoms with van der Waals surface area (Å²) in [5, 5.41) is 1.01. The average Bonchev–Trinajstić information content (AvgIpc) is 0.931. The molecule has 140 heavy (non-hydrogen) atoms. The summed E-state index contributed by atoms with van der Waals surface area (Å²) in [5.74, 6) is 0.352. The number of piperidine rings is 6. The minimum Gasteiger partial charge on any atom is -0.497 e. The van der Waals surface area contributed by atoms with Crippen LogP contribution in [0.2, 0.25) is 10.0 Å². The van der Waals surface area contributed by atoms with E-state index in [1.54, 1.807) is 112 Å². The Bertz CT molecular complexity index is 6100. The standard InChI is InChI=1S/2C20H21NO3.C20H21NO2.2C19H18ClNO2.C19H18FNO2/c1-24-18-11-5-9-16(13-18)20(23)21-12-6-10-17(14-21)19(22)15-7-3-2-4-8-15;1-24-18-12-6-5-11-17(18)20(23)21-13-7-10-16(14-21)19(22)15-8-3-2-4-9-15;1-15-9-11-17(12-10-15)20(23)21-13-5-8-18(14-21)19(22)16-6-3-2-4-7-16;20-17-10-4-8-15(12-17)18(22)16-9-5-11-21(13-16)19(23)14-6-2-1-3-7-14;20-17-11-5-4-10-16(17)19(23)21-12-6-9-15(13-21)18(22)14-7-2-1-3-8-14;20-17-10-8-15(9-11-17)19(23)21-12-4-7-16(13-21)18(22)14-5-2-1-3-6-14/h2-5,7-9,11,13,17H,6,10,12,14H2,1H3;2-6,8-9,11-12,16H,7,10,13-14H2,1H3;2-4,6-7,9-12,18H,5,8,13-14H2,1H3;1-4,6-8,10,12,16H,5,9,11,13H2;1-5,7-8,10-11,15H,6,9,12-13H2;1-3,5-6,8-11,16H,4,7,12-13H2. The number of amides is 6. The van der Waals surface area contributed by atoms with Crippen molar-refractivity contribution in [2.24, 2.45) is 35.5 Å². The predicted molar refractivity (Wildman–Crippen MR) is 543 cm³/mol. The number of carbonyl (C=O) groups excluding carboxylic acids is 12. The fourth-order valence-corrected chi connectivity index (χ4v) is 18.9. The van der Waals surface area contributed by atoms with Crippen molar-refractivity contribution in [3.63, 3.8) is 0 Å². The van der Waals surface area contributed by atoms with Crippen LogP contribution < -0.4 is 9.47 Å². The van der Waals surface area contributed by atoms with Gasteiger partial charge in [-0.05, 0) is 187 Å². The lowest BCUT2D eigenvalue weighted by molar-refractivity contribution is 0.0622. The highest BCUT2D eigenvalue weighted by molar-refractivity contribution is 6.34. The molecular weight excluding hydrogens is 1800 g/mol. The molecule has 6 saturated heterocycles. The molecule has 12 aromatic rings. The zero-order valence-corrected chi connectivity index (χ0v) is 80.7. The van der Waals surface area contributed by atoms with Crippen LogP contribution in [0.1, 0.15) is 207 Å². The molecule has 12 aromatic carbocycles. The van der Waals surface area contributed by atoms with Gasteiger partial charge in [0.2, 0.25) is 0 Å². The van der Waals surface area contributed by atoms with E-state index in [0.29, 0.717) is 149 Å². The van der Waals surface area contributed by atoms with E-state index in [2.05, 4.69) is 0 Å². The number of rotatable bonds is 20. The predicted octanol–water partition coefficient (Wildman–Crippen LogP) is 22.3. The van der Waals surface area contributed by atoms with Crippen molar-refractivity contribution in [1.82, 2.24) is 29.4 Å². The van der Waals surface area contributed by atoms with Gasteiger partial charge in [0, 0.05) is 175 Å². The van der Waals surface area contributed by atoms with Crippen LogP contribution in [0.15, 0.2) is 328 Å². The lowest BCUT2D eigenvalue weighted by atomic mass is 9.89. The zero-order valence-electron chi connectivity index (χ0n) is 79.1. The maximum Gasteiger partial charge on any atom is 0.257 e. The first-order chi connectivity index (χ1) is 68.0. The number of carbonyl (C=O) groups is 12. The van der Waals surface area contributed by atoms with Crippen molar-refractivity contribution in [3.8, 4) is 11.5 Å². The second-order valence-corrected chi connectivity index (χ2v) is 36.6. The largest absolute Gasteiger partial charge is 0.497 e. The Hall–Kier alpha value is -14.4. The van der Waals surface area contributed by atoms with Crippen LogP contribution in [0.4, 0.5) is 4.39 Å². The third-order valence-electron chi connectivity index (χ3n) is 26.0. The molecule has 6 atom stereocenters. The number of Topliss-reactive ketones (excluding diaryl/α,β-unsaturated/α-hetero) is 6. The Labute approximate surface area is 828 Å². The van der Waals surface area contributed by atoms with Crippen molar-refractivity contribution in [2.75, 3.05) is 92.8 Å². The van der Waals surface area contributed by atoms with E-state index >= 15 is 0 Å². The molecule has 6 aliphatic rings. The molecule has 0 N–H and O–H groups in total. The van der Waals surface area contributed by atoms with Gasteiger partial charge in [-0.15, -0.1) is 0 Å². The van der Waals surface area contributed by atoms with Crippen LogP contribution in [0.3, 0.4) is 0 Å². The summed E-state index contributed by atoms with van der Waals surface area (Å²) in [7, 11) is 3.14. The molecule has 20 nitrogen and oxygen atoms in total. The maximum absolute atomic E-state index is 13.0. The molecule has 0 aliphatic carbocycles. The number of likely N-dealkylation sites (tertiary alicyclic amines) is 6. The second-order valence-electron chi connectivity index (χ2n) is 35.7. The van der Waals surface area contributed by atoms with E-state index in [1.807, 2.05) is 242 Å². The van der Waals surface area contributed by atoms with E-state index < -0.39 is 0 Å². The molecule has 23 heteroatoms. The van der Waals surface area contributed by atoms with E-state index in [9.17, 15) is 61.9 Å². The number of methoxy groups -OCH3 is 2. The van der Waals surface area contributed by atoms with Gasteiger partial charge >= 0.3 is 0 Å². The summed E-state index contributed by atoms with van der Waals surface area (Å²) in [5.41, 5.74) is 8.81. The molecule has 0 spiro atoms. The Morgan fingerprint density at radius 1 is 0.257 bits per heavy atom. The summed E-state index contributed by atoms with van der Waals surface area (Å²) in [6, 6.07) is 97.3. The number of hydrogen-bond acceptors (Lipinski definition) is 14. The smallest absolute Gasteiger partial charge is 0.257 e. The lowest BCUT2D eigenvalue weighted by Gasteiger charge is -2.32. The van der Waals surface area contributed by atoms with Crippen molar-refractivity contribution in [1.29, 1.82) is 0 Å². The highest BCUT2D eigenvalue weighted by Crippen LogP contribution is 2.33. The van der Waals surface area contributed by atoms with E-state index in [4.69, 9.17) is 32.7 Å². The zero-order chi connectivity index (χ0) is 98.8. The number of aryl methyl sites for hydroxylation is 1. The van der Waals surface area contributed by atoms with Gasteiger partial charge in [0.05, 0.1) is 30.4 Å². The Balaban J connectivity index is 0.000000141. The number of nitrogens with zero attached hydrogens (tertiary/aromatic N) is 6. The van der Waals surface area contributed by atoms with Gasteiger partial charge in [0.1, 0.15) is 17.3 Å². The number of halogens is 3. The molecule has 720 valence electrons. The molecule has 6 fully saturated rings. The topological polar surface area (TPSA) is 243 Å². The number of ether oxygens (including phenoxy) is 2. The molecule has 0 radical (unpaired) electrons. The van der Waals surface area contributed by atoms with Crippen molar-refractivity contribution < 1.29 is 71.4 Å². The van der Waals surface area contributed by atoms with E-state index in [-0.39, 0.29) is 111 Å². The van der Waals surface area contributed by atoms with Crippen LogP contribution in [0.25, 0.3) is 0 Å². The molecule has 18 rings (SSSR count). The quantitative estimate of drug-likeness (QED) is 0.0645. The Kier molecular flexibility index (Phi) is 38.1. The highest BCUT2D eigenvalue weighted by Gasteiger charge is 2.37. The summed E-state index contributed by atoms with van der Waals surface area (Å²) in [6.45, 7) is 8.90. The van der Waals surface area contributed by atoms with Crippen LogP contribution in [-0.2, 0) is 0 Å². The molecule has 6 heterocycles. The molecule has 6 amide bonds. The first-order valence-corrected chi connectivity index (χ1v) is 48.7. The second kappa shape index (κ2) is 51.8. The van der Waals surface area contributed by atoms with Crippen molar-refractivity contribution >= 4 is 93.3 Å². The van der Waals surface area contributed by atoms with Gasteiger partial charge in [-0.3, -0.25) is 57.5 Å². The fourth-order valence-electron chi connectivity index (χ4n) is 18.5. The van der Waals surface area contributed by atoms with Crippen LogP contribution in [0.5, 0.6) is 11.5 Å². The van der Waals surface area contributed by atoms with Gasteiger partial charge in [0.15, 0.2) is 34.7 Å². The fraction of sp³-hybridized carbons (Fsp3) is 0.282. The number of benzene rings is 12. The van der Waals surface area contributed by atoms with Gasteiger partial charge < -0.3 is 38.9 Å². The molecular formula is C117H117Cl2FN6O14. The lowest BCUT2D eigenvalue weighted by Crippen LogP contribution is -2.42. The first kappa shape index (κ1) is 103. The van der Waals surface area contributed by atoms with E-state index in [1.165, 1.54) is 24.3 Å². The minimum absolute atomic E-state index is 0.00538. The van der Waals surface area contributed by atoms with Gasteiger partial charge in [-0.2, -0.15) is 0 Å². The number of hydrogen-bond donors (Lipinski definition) is 0. The molecule has 0 bridgehead atoms. The Morgan fingerprint density at radius 2 is 0.521 bits per heavy atom. The van der Waals surface area contributed by atoms with Gasteiger partial charge in [-0.25, -0.2) is 4.39 Å². The highest BCUT2D eigenvalue weighted by atomic mass is 35.5. The summed E-state index contributed by atoms with van der Waals surface area (Å²) >= 11 is 12.1.